The van der Waals surface area contributed by atoms with Crippen LogP contribution in [0.3, 0.4) is 0 Å². The molecule has 0 atom stereocenters. The number of thiophene rings is 1. The SMILES string of the molecule is CCOc1cc2c(cc1OCC)CN(C(=O)CCCNC(=O)c1ccsc1)CC2. The lowest BCUT2D eigenvalue weighted by atomic mass is 9.98. The molecular weight excluding hydrogens is 388 g/mol. The van der Waals surface area contributed by atoms with Crippen molar-refractivity contribution in [1.29, 1.82) is 0 Å². The van der Waals surface area contributed by atoms with Crippen LogP contribution in [0.4, 0.5) is 0 Å². The van der Waals surface area contributed by atoms with E-state index in [9.17, 15) is 9.59 Å². The number of fused-ring (bicyclic) bond motifs is 1. The van der Waals surface area contributed by atoms with Crippen molar-refractivity contribution in [3.05, 3.63) is 45.6 Å². The van der Waals surface area contributed by atoms with Gasteiger partial charge in [-0.05, 0) is 61.4 Å². The number of nitrogens with one attached hydrogen (secondary N) is 1. The Morgan fingerprint density at radius 1 is 1.14 bits per heavy atom. The number of nitrogens with zero attached hydrogens (tertiary/aromatic N) is 1. The second kappa shape index (κ2) is 10.3. The molecule has 0 spiro atoms. The molecule has 0 aliphatic carbocycles. The maximum absolute atomic E-state index is 12.6. The van der Waals surface area contributed by atoms with Gasteiger partial charge in [-0.15, -0.1) is 0 Å². The predicted molar refractivity (Wildman–Crippen MR) is 114 cm³/mol. The molecule has 7 heteroatoms. The first-order chi connectivity index (χ1) is 14.1. The van der Waals surface area contributed by atoms with Crippen molar-refractivity contribution in [2.24, 2.45) is 0 Å². The molecule has 1 aliphatic rings. The second-order valence-corrected chi connectivity index (χ2v) is 7.65. The Balaban J connectivity index is 1.52. The van der Waals surface area contributed by atoms with E-state index in [2.05, 4.69) is 5.32 Å². The molecule has 2 aromatic rings. The minimum absolute atomic E-state index is 0.0841. The average molecular weight is 417 g/mol. The van der Waals surface area contributed by atoms with Gasteiger partial charge in [0.1, 0.15) is 0 Å². The molecule has 0 fully saturated rings. The molecule has 2 amide bonds. The monoisotopic (exact) mass is 416 g/mol. The molecule has 1 aliphatic heterocycles. The summed E-state index contributed by atoms with van der Waals surface area (Å²) in [6.45, 7) is 6.84. The Bertz CT molecular complexity index is 836. The van der Waals surface area contributed by atoms with Gasteiger partial charge in [-0.3, -0.25) is 9.59 Å². The van der Waals surface area contributed by atoms with Gasteiger partial charge in [0, 0.05) is 37.0 Å². The van der Waals surface area contributed by atoms with Gasteiger partial charge < -0.3 is 19.7 Å². The summed E-state index contributed by atoms with van der Waals surface area (Å²) >= 11 is 1.49. The van der Waals surface area contributed by atoms with Crippen molar-refractivity contribution in [3.8, 4) is 11.5 Å². The van der Waals surface area contributed by atoms with Crippen molar-refractivity contribution >= 4 is 23.2 Å². The topological polar surface area (TPSA) is 67.9 Å². The van der Waals surface area contributed by atoms with Gasteiger partial charge in [0.15, 0.2) is 11.5 Å². The highest BCUT2D eigenvalue weighted by atomic mass is 32.1. The Hall–Kier alpha value is -2.54. The summed E-state index contributed by atoms with van der Waals surface area (Å²) in [6.07, 6.45) is 1.86. The highest BCUT2D eigenvalue weighted by Gasteiger charge is 2.22. The molecule has 29 heavy (non-hydrogen) atoms. The molecule has 0 saturated carbocycles. The van der Waals surface area contributed by atoms with Crippen LogP contribution < -0.4 is 14.8 Å². The highest BCUT2D eigenvalue weighted by Crippen LogP contribution is 2.34. The van der Waals surface area contributed by atoms with Gasteiger partial charge in [-0.25, -0.2) is 0 Å². The van der Waals surface area contributed by atoms with Gasteiger partial charge in [0.2, 0.25) is 5.91 Å². The molecule has 156 valence electrons. The fraction of sp³-hybridized carbons (Fsp3) is 0.455. The molecule has 1 aromatic heterocycles. The number of ether oxygens (including phenoxy) is 2. The Kier molecular flexibility index (Phi) is 7.52. The number of carbonyl (C=O) groups is 2. The zero-order valence-corrected chi connectivity index (χ0v) is 17.8. The predicted octanol–water partition coefficient (Wildman–Crippen LogP) is 3.64. The lowest BCUT2D eigenvalue weighted by molar-refractivity contribution is -0.132. The largest absolute Gasteiger partial charge is 0.490 e. The molecule has 0 unspecified atom stereocenters. The minimum atomic E-state index is -0.0841. The van der Waals surface area contributed by atoms with Gasteiger partial charge >= 0.3 is 0 Å². The standard InChI is InChI=1S/C22H28N2O4S/c1-3-27-19-12-16-7-10-24(14-18(16)13-20(19)28-4-2)21(25)6-5-9-23-22(26)17-8-11-29-15-17/h8,11-13,15H,3-7,9-10,14H2,1-2H3,(H,23,26). The van der Waals surface area contributed by atoms with E-state index in [1.165, 1.54) is 16.9 Å². The van der Waals surface area contributed by atoms with Crippen molar-refractivity contribution in [2.45, 2.75) is 39.7 Å². The third-order valence-electron chi connectivity index (χ3n) is 4.87. The number of carbonyl (C=O) groups excluding carboxylic acids is 2. The smallest absolute Gasteiger partial charge is 0.252 e. The highest BCUT2D eigenvalue weighted by molar-refractivity contribution is 7.08. The van der Waals surface area contributed by atoms with Gasteiger partial charge in [0.25, 0.3) is 5.91 Å². The fourth-order valence-corrected chi connectivity index (χ4v) is 4.04. The Labute approximate surface area is 175 Å². The zero-order chi connectivity index (χ0) is 20.6. The number of amides is 2. The first kappa shape index (κ1) is 21.2. The van der Waals surface area contributed by atoms with E-state index in [1.807, 2.05) is 41.6 Å². The molecular formula is C22H28N2O4S. The average Bonchev–Trinajstić information content (AvgIpc) is 3.26. The minimum Gasteiger partial charge on any atom is -0.490 e. The molecule has 1 N–H and O–H groups in total. The van der Waals surface area contributed by atoms with Crippen molar-refractivity contribution in [3.63, 3.8) is 0 Å². The summed E-state index contributed by atoms with van der Waals surface area (Å²) in [5.41, 5.74) is 3.00. The number of rotatable bonds is 9. The van der Waals surface area contributed by atoms with E-state index in [0.29, 0.717) is 51.3 Å². The summed E-state index contributed by atoms with van der Waals surface area (Å²) in [6, 6.07) is 5.85. The maximum Gasteiger partial charge on any atom is 0.252 e. The third-order valence-corrected chi connectivity index (χ3v) is 5.55. The molecule has 0 saturated heterocycles. The molecule has 2 heterocycles. The van der Waals surface area contributed by atoms with Crippen LogP contribution in [0.15, 0.2) is 29.0 Å². The first-order valence-electron chi connectivity index (χ1n) is 10.1. The lowest BCUT2D eigenvalue weighted by Gasteiger charge is -2.30. The summed E-state index contributed by atoms with van der Waals surface area (Å²) < 4.78 is 11.4. The quantitative estimate of drug-likeness (QED) is 0.634. The maximum atomic E-state index is 12.6. The lowest BCUT2D eigenvalue weighted by Crippen LogP contribution is -2.36. The number of hydrogen-bond donors (Lipinski definition) is 1. The zero-order valence-electron chi connectivity index (χ0n) is 17.0. The van der Waals surface area contributed by atoms with Gasteiger partial charge in [-0.1, -0.05) is 0 Å². The summed E-state index contributed by atoms with van der Waals surface area (Å²) in [4.78, 5) is 26.4. The van der Waals surface area contributed by atoms with E-state index < -0.39 is 0 Å². The van der Waals surface area contributed by atoms with Crippen LogP contribution in [-0.2, 0) is 17.8 Å². The van der Waals surface area contributed by atoms with Crippen LogP contribution >= 0.6 is 11.3 Å². The van der Waals surface area contributed by atoms with Crippen LogP contribution in [0.2, 0.25) is 0 Å². The summed E-state index contributed by atoms with van der Waals surface area (Å²) in [7, 11) is 0. The van der Waals surface area contributed by atoms with Crippen LogP contribution in [0.1, 0.15) is 48.2 Å². The van der Waals surface area contributed by atoms with E-state index in [0.717, 1.165) is 23.5 Å². The van der Waals surface area contributed by atoms with Gasteiger partial charge in [-0.2, -0.15) is 11.3 Å². The van der Waals surface area contributed by atoms with E-state index in [-0.39, 0.29) is 11.8 Å². The molecule has 0 radical (unpaired) electrons. The fourth-order valence-electron chi connectivity index (χ4n) is 3.41. The molecule has 6 nitrogen and oxygen atoms in total. The van der Waals surface area contributed by atoms with E-state index >= 15 is 0 Å². The summed E-state index contributed by atoms with van der Waals surface area (Å²) in [5, 5.41) is 6.56. The Morgan fingerprint density at radius 2 is 1.86 bits per heavy atom. The van der Waals surface area contributed by atoms with Crippen molar-refractivity contribution in [1.82, 2.24) is 10.2 Å². The Morgan fingerprint density at radius 3 is 2.52 bits per heavy atom. The first-order valence-corrected chi connectivity index (χ1v) is 11.1. The van der Waals surface area contributed by atoms with Crippen LogP contribution in [0, 0.1) is 0 Å². The van der Waals surface area contributed by atoms with E-state index in [1.54, 1.807) is 6.07 Å². The molecule has 1 aromatic carbocycles. The third kappa shape index (κ3) is 5.50. The van der Waals surface area contributed by atoms with Gasteiger partial charge in [0.05, 0.1) is 13.2 Å². The number of hydrogen-bond acceptors (Lipinski definition) is 5. The van der Waals surface area contributed by atoms with Crippen LogP contribution in [0.25, 0.3) is 0 Å². The van der Waals surface area contributed by atoms with Crippen molar-refractivity contribution in [2.75, 3.05) is 26.3 Å². The molecule has 0 bridgehead atoms. The van der Waals surface area contributed by atoms with Crippen LogP contribution in [-0.4, -0.2) is 43.0 Å². The second-order valence-electron chi connectivity index (χ2n) is 6.87. The number of benzene rings is 1. The van der Waals surface area contributed by atoms with Crippen molar-refractivity contribution < 1.29 is 19.1 Å². The normalized spacial score (nSPS) is 13.0. The van der Waals surface area contributed by atoms with Crippen LogP contribution in [0.5, 0.6) is 11.5 Å². The molecule has 3 rings (SSSR count). The summed E-state index contributed by atoms with van der Waals surface area (Å²) in [5.74, 6) is 1.54. The van der Waals surface area contributed by atoms with E-state index in [4.69, 9.17) is 9.47 Å².